The van der Waals surface area contributed by atoms with E-state index < -0.39 is 5.82 Å². The Morgan fingerprint density at radius 1 is 1.47 bits per heavy atom. The number of hydrogen-bond donors (Lipinski definition) is 1. The van der Waals surface area contributed by atoms with Crippen LogP contribution in [-0.2, 0) is 4.79 Å². The zero-order chi connectivity index (χ0) is 21.3. The van der Waals surface area contributed by atoms with Crippen LogP contribution in [-0.4, -0.2) is 49.5 Å². The first-order chi connectivity index (χ1) is 14.5. The molecule has 4 heterocycles. The van der Waals surface area contributed by atoms with Crippen molar-refractivity contribution < 1.29 is 9.18 Å². The molecule has 0 spiro atoms. The van der Waals surface area contributed by atoms with Gasteiger partial charge in [0.05, 0.1) is 23.3 Å². The second kappa shape index (κ2) is 8.24. The van der Waals surface area contributed by atoms with Crippen LogP contribution in [0.5, 0.6) is 0 Å². The van der Waals surface area contributed by atoms with E-state index in [0.29, 0.717) is 18.7 Å². The van der Waals surface area contributed by atoms with Gasteiger partial charge in [0.15, 0.2) is 16.8 Å². The van der Waals surface area contributed by atoms with E-state index in [9.17, 15) is 9.18 Å². The van der Waals surface area contributed by atoms with E-state index in [2.05, 4.69) is 20.4 Å². The number of nitrogens with one attached hydrogen (secondary N) is 1. The second-order valence-corrected chi connectivity index (χ2v) is 7.61. The lowest BCUT2D eigenvalue weighted by Crippen LogP contribution is -2.45. The molecule has 1 atom stereocenters. The number of hydrogen-bond acceptors (Lipinski definition) is 6. The van der Waals surface area contributed by atoms with E-state index in [-0.39, 0.29) is 35.2 Å². The van der Waals surface area contributed by atoms with Gasteiger partial charge in [-0.1, -0.05) is 11.6 Å². The Hall–Kier alpha value is -3.25. The van der Waals surface area contributed by atoms with E-state index in [0.717, 1.165) is 23.9 Å². The molecule has 1 saturated heterocycles. The number of fused-ring (bicyclic) bond motifs is 1. The molecule has 3 aromatic rings. The third-order valence-electron chi connectivity index (χ3n) is 5.07. The fraction of sp³-hybridized carbons (Fsp3) is 0.350. The van der Waals surface area contributed by atoms with Crippen molar-refractivity contribution in [2.45, 2.75) is 32.2 Å². The molecule has 154 valence electrons. The molecule has 10 heteroatoms. The Bertz CT molecular complexity index is 1160. The highest BCUT2D eigenvalue weighted by Crippen LogP contribution is 2.28. The summed E-state index contributed by atoms with van der Waals surface area (Å²) in [5, 5.41) is 15.8. The van der Waals surface area contributed by atoms with Crippen LogP contribution in [0, 0.1) is 24.1 Å². The summed E-state index contributed by atoms with van der Waals surface area (Å²) in [5.74, 6) is -0.726. The number of anilines is 1. The summed E-state index contributed by atoms with van der Waals surface area (Å²) in [7, 11) is 0. The van der Waals surface area contributed by atoms with Crippen molar-refractivity contribution in [2.75, 3.05) is 18.4 Å². The Labute approximate surface area is 177 Å². The fourth-order valence-electron chi connectivity index (χ4n) is 3.59. The van der Waals surface area contributed by atoms with Crippen molar-refractivity contribution in [3.8, 4) is 17.5 Å². The Morgan fingerprint density at radius 2 is 2.30 bits per heavy atom. The molecule has 8 nitrogen and oxygen atoms in total. The van der Waals surface area contributed by atoms with E-state index in [1.807, 2.05) is 31.3 Å². The molecule has 0 aliphatic carbocycles. The highest BCUT2D eigenvalue weighted by atomic mass is 35.5. The number of piperidine rings is 1. The van der Waals surface area contributed by atoms with Gasteiger partial charge >= 0.3 is 0 Å². The molecule has 4 rings (SSSR count). The first kappa shape index (κ1) is 20.0. The van der Waals surface area contributed by atoms with E-state index >= 15 is 0 Å². The van der Waals surface area contributed by atoms with E-state index in [4.69, 9.17) is 16.9 Å². The predicted molar refractivity (Wildman–Crippen MR) is 109 cm³/mol. The molecule has 0 bridgehead atoms. The minimum Gasteiger partial charge on any atom is -0.363 e. The minimum absolute atomic E-state index is 0.0171. The maximum Gasteiger partial charge on any atom is 0.236 e. The molecule has 30 heavy (non-hydrogen) atoms. The molecule has 1 amide bonds. The highest BCUT2D eigenvalue weighted by molar-refractivity contribution is 6.29. The third kappa shape index (κ3) is 3.91. The van der Waals surface area contributed by atoms with Gasteiger partial charge in [0.2, 0.25) is 11.7 Å². The lowest BCUT2D eigenvalue weighted by molar-refractivity contribution is -0.131. The Balaban J connectivity index is 1.63. The van der Waals surface area contributed by atoms with Gasteiger partial charge in [-0.2, -0.15) is 14.8 Å². The Morgan fingerprint density at radius 3 is 3.10 bits per heavy atom. The highest BCUT2D eigenvalue weighted by Gasteiger charge is 2.25. The number of rotatable bonds is 4. The van der Waals surface area contributed by atoms with Gasteiger partial charge in [-0.15, -0.1) is 0 Å². The third-order valence-corrected chi connectivity index (χ3v) is 5.32. The quantitative estimate of drug-likeness (QED) is 0.642. The van der Waals surface area contributed by atoms with Gasteiger partial charge in [-0.05, 0) is 37.5 Å². The summed E-state index contributed by atoms with van der Waals surface area (Å²) >= 11 is 6.06. The van der Waals surface area contributed by atoms with Gasteiger partial charge < -0.3 is 10.2 Å². The van der Waals surface area contributed by atoms with Crippen LogP contribution in [0.15, 0.2) is 24.5 Å². The SMILES string of the molecule is Cc1ccn2ncc(-c3nc(Cl)c(F)c(NC4CCCN(C(=O)CC#N)C4)n3)c2c1. The normalized spacial score (nSPS) is 16.5. The van der Waals surface area contributed by atoms with Crippen LogP contribution in [0.1, 0.15) is 24.8 Å². The van der Waals surface area contributed by atoms with Crippen LogP contribution in [0.25, 0.3) is 16.9 Å². The van der Waals surface area contributed by atoms with Gasteiger partial charge in [0.1, 0.15) is 6.42 Å². The number of nitrogens with zero attached hydrogens (tertiary/aromatic N) is 6. The van der Waals surface area contributed by atoms with Crippen molar-refractivity contribution in [3.63, 3.8) is 0 Å². The van der Waals surface area contributed by atoms with E-state index in [1.54, 1.807) is 15.6 Å². The summed E-state index contributed by atoms with van der Waals surface area (Å²) in [4.78, 5) is 22.1. The average molecular weight is 428 g/mol. The first-order valence-corrected chi connectivity index (χ1v) is 9.92. The summed E-state index contributed by atoms with van der Waals surface area (Å²) < 4.78 is 16.4. The minimum atomic E-state index is -0.742. The summed E-state index contributed by atoms with van der Waals surface area (Å²) in [6.07, 6.45) is 4.76. The number of halogens is 2. The molecule has 1 aliphatic heterocycles. The van der Waals surface area contributed by atoms with Gasteiger partial charge in [-0.25, -0.2) is 14.5 Å². The lowest BCUT2D eigenvalue weighted by Gasteiger charge is -2.33. The molecule has 0 radical (unpaired) electrons. The molecule has 0 saturated carbocycles. The largest absolute Gasteiger partial charge is 0.363 e. The molecular formula is C20H19ClFN7O. The zero-order valence-electron chi connectivity index (χ0n) is 16.3. The number of carbonyl (C=O) groups excluding carboxylic acids is 1. The van der Waals surface area contributed by atoms with Crippen molar-refractivity contribution in [1.82, 2.24) is 24.5 Å². The molecular weight excluding hydrogens is 409 g/mol. The molecule has 1 fully saturated rings. The molecule has 3 aromatic heterocycles. The Kier molecular flexibility index (Phi) is 5.50. The van der Waals surface area contributed by atoms with Crippen molar-refractivity contribution in [2.24, 2.45) is 0 Å². The summed E-state index contributed by atoms with van der Waals surface area (Å²) in [6, 6.07) is 5.53. The standard InChI is InChI=1S/C20H19ClFN7O/c1-12-5-8-29-15(9-12)14(10-24-29)19-26-18(21)17(22)20(27-19)25-13-3-2-7-28(11-13)16(30)4-6-23/h5,8-10,13H,2-4,7,11H2,1H3,(H,25,26,27). The first-order valence-electron chi connectivity index (χ1n) is 9.55. The van der Waals surface area contributed by atoms with E-state index in [1.165, 1.54) is 0 Å². The second-order valence-electron chi connectivity index (χ2n) is 7.25. The van der Waals surface area contributed by atoms with Crippen molar-refractivity contribution in [1.29, 1.82) is 5.26 Å². The monoisotopic (exact) mass is 427 g/mol. The number of aryl methyl sites for hydroxylation is 1. The van der Waals surface area contributed by atoms with Crippen LogP contribution >= 0.6 is 11.6 Å². The maximum atomic E-state index is 14.7. The number of nitriles is 1. The van der Waals surface area contributed by atoms with Crippen molar-refractivity contribution >= 4 is 28.8 Å². The smallest absolute Gasteiger partial charge is 0.236 e. The maximum absolute atomic E-state index is 14.7. The summed E-state index contributed by atoms with van der Waals surface area (Å²) in [6.45, 7) is 2.91. The van der Waals surface area contributed by atoms with Crippen LogP contribution in [0.2, 0.25) is 5.15 Å². The van der Waals surface area contributed by atoms with Crippen LogP contribution in [0.4, 0.5) is 10.2 Å². The predicted octanol–water partition coefficient (Wildman–Crippen LogP) is 3.21. The van der Waals surface area contributed by atoms with Crippen LogP contribution in [0.3, 0.4) is 0 Å². The number of pyridine rings is 1. The molecule has 1 unspecified atom stereocenters. The zero-order valence-corrected chi connectivity index (χ0v) is 17.0. The van der Waals surface area contributed by atoms with Gasteiger partial charge in [0, 0.05) is 25.3 Å². The number of aromatic nitrogens is 4. The van der Waals surface area contributed by atoms with Gasteiger partial charge in [0.25, 0.3) is 0 Å². The number of carbonyl (C=O) groups is 1. The molecule has 1 aliphatic rings. The van der Waals surface area contributed by atoms with Crippen LogP contribution < -0.4 is 5.32 Å². The molecule has 0 aromatic carbocycles. The van der Waals surface area contributed by atoms with Crippen molar-refractivity contribution in [3.05, 3.63) is 41.1 Å². The summed E-state index contributed by atoms with van der Waals surface area (Å²) in [5.41, 5.74) is 2.47. The number of amides is 1. The number of likely N-dealkylation sites (tertiary alicyclic amines) is 1. The lowest BCUT2D eigenvalue weighted by atomic mass is 10.1. The molecule has 1 N–H and O–H groups in total. The van der Waals surface area contributed by atoms with Gasteiger partial charge in [-0.3, -0.25) is 4.79 Å². The topological polar surface area (TPSA) is 99.2 Å². The fourth-order valence-corrected chi connectivity index (χ4v) is 3.76. The average Bonchev–Trinajstić information content (AvgIpc) is 3.14.